The standard InChI is InChI=1S/C70H133NO18/c1-3-5-7-8-9-10-11-12-13-14-15-16-17-18-19-20-21-22-23-24-25-26-27-28-29-30-31-32-33-34-35-36-37-38-39-40-41-42-43-44-46-48-58(76)71-53(54(75)47-45-6-4-2)52-84-68-64(82)61(79)66(56(50-73)86-68)89-70-65(83)62(80)67(57(51-74)87-70)88-69-63(81)60(78)59(77)55(49-72)85-69/h45,47,53-57,59-70,72-75,77-83H,3-44,46,48-52H2,1-2H3,(H,71,76)/b47-45+. The van der Waals surface area contributed by atoms with Crippen molar-refractivity contribution in [3.8, 4) is 0 Å². The summed E-state index contributed by atoms with van der Waals surface area (Å²) in [5.41, 5.74) is 0. The van der Waals surface area contributed by atoms with Crippen LogP contribution in [0.25, 0.3) is 0 Å². The number of amides is 1. The van der Waals surface area contributed by atoms with Gasteiger partial charge in [-0.1, -0.05) is 289 Å². The number of unbranched alkanes of at least 4 members (excludes halogenated alkanes) is 41. The van der Waals surface area contributed by atoms with Gasteiger partial charge in [0.15, 0.2) is 18.9 Å². The maximum atomic E-state index is 13.2. The molecule has 1 amide bonds. The second-order valence-corrected chi connectivity index (χ2v) is 26.4. The van der Waals surface area contributed by atoms with Crippen molar-refractivity contribution in [1.82, 2.24) is 5.32 Å². The topological polar surface area (TPSA) is 307 Å². The zero-order valence-corrected chi connectivity index (χ0v) is 55.7. The van der Waals surface area contributed by atoms with Crippen LogP contribution in [0.1, 0.15) is 296 Å². The molecule has 17 atom stereocenters. The number of allylic oxidation sites excluding steroid dienone is 1. The van der Waals surface area contributed by atoms with Crippen LogP contribution in [0.2, 0.25) is 0 Å². The SMILES string of the molecule is CCC/C=C/C(O)C(COC1OC(CO)C(OC2OC(CO)C(OC3OC(CO)C(O)C(O)C3O)C(O)C2O)C(O)C1O)NC(=O)CCCCCCCCCCCCCCCCCCCCCCCCCCCCCCCCCCCCCCCCCCC. The molecule has 0 aromatic carbocycles. The Bertz CT molecular complexity index is 1670. The molecule has 17 unspecified atom stereocenters. The molecule has 3 fully saturated rings. The summed E-state index contributed by atoms with van der Waals surface area (Å²) < 4.78 is 34.0. The number of nitrogens with one attached hydrogen (secondary N) is 1. The summed E-state index contributed by atoms with van der Waals surface area (Å²) in [6.45, 7) is 1.52. The number of carbonyl (C=O) groups excluding carboxylic acids is 1. The normalized spacial score (nSPS) is 28.2. The Labute approximate surface area is 537 Å². The van der Waals surface area contributed by atoms with Crippen LogP contribution in [0, 0.1) is 0 Å². The van der Waals surface area contributed by atoms with Crippen LogP contribution in [-0.4, -0.2) is 193 Å². The van der Waals surface area contributed by atoms with Crippen LogP contribution in [0.3, 0.4) is 0 Å². The molecule has 0 aliphatic carbocycles. The van der Waals surface area contributed by atoms with Crippen molar-refractivity contribution in [2.75, 3.05) is 26.4 Å². The largest absolute Gasteiger partial charge is 0.394 e. The molecule has 0 aromatic heterocycles. The third kappa shape index (κ3) is 34.7. The quantitative estimate of drug-likeness (QED) is 0.0199. The van der Waals surface area contributed by atoms with Gasteiger partial charge in [0.25, 0.3) is 0 Å². The second kappa shape index (κ2) is 52.8. The van der Waals surface area contributed by atoms with Crippen LogP contribution in [0.5, 0.6) is 0 Å². The molecule has 526 valence electrons. The first kappa shape index (κ1) is 81.8. The Morgan fingerprint density at radius 1 is 0.393 bits per heavy atom. The zero-order valence-electron chi connectivity index (χ0n) is 55.7. The molecular weight excluding hydrogens is 1140 g/mol. The maximum Gasteiger partial charge on any atom is 0.220 e. The summed E-state index contributed by atoms with van der Waals surface area (Å²) in [5, 5.41) is 119. The minimum Gasteiger partial charge on any atom is -0.394 e. The van der Waals surface area contributed by atoms with Crippen LogP contribution < -0.4 is 5.32 Å². The van der Waals surface area contributed by atoms with Gasteiger partial charge < -0.3 is 89.9 Å². The van der Waals surface area contributed by atoms with Gasteiger partial charge in [0.05, 0.1) is 38.6 Å². The molecule has 3 rings (SSSR count). The van der Waals surface area contributed by atoms with Crippen LogP contribution in [-0.2, 0) is 33.2 Å². The predicted octanol–water partition coefficient (Wildman–Crippen LogP) is 10.1. The number of hydrogen-bond donors (Lipinski definition) is 12. The van der Waals surface area contributed by atoms with Gasteiger partial charge in [-0.25, -0.2) is 0 Å². The summed E-state index contributed by atoms with van der Waals surface area (Å²) in [6, 6.07) is -0.964. The number of aliphatic hydroxyl groups excluding tert-OH is 11. The molecule has 0 saturated carbocycles. The molecular formula is C70H133NO18. The summed E-state index contributed by atoms with van der Waals surface area (Å²) in [4.78, 5) is 13.2. The fourth-order valence-corrected chi connectivity index (χ4v) is 12.7. The van der Waals surface area contributed by atoms with Gasteiger partial charge in [0, 0.05) is 6.42 Å². The van der Waals surface area contributed by atoms with Crippen molar-refractivity contribution in [2.24, 2.45) is 0 Å². The zero-order chi connectivity index (χ0) is 64.7. The van der Waals surface area contributed by atoms with Gasteiger partial charge in [0.1, 0.15) is 73.2 Å². The molecule has 0 aromatic rings. The molecule has 3 aliphatic heterocycles. The van der Waals surface area contributed by atoms with Crippen LogP contribution in [0.15, 0.2) is 12.2 Å². The van der Waals surface area contributed by atoms with Gasteiger partial charge in [-0.3, -0.25) is 4.79 Å². The first-order chi connectivity index (χ1) is 43.3. The molecule has 3 aliphatic rings. The lowest BCUT2D eigenvalue weighted by Gasteiger charge is -2.48. The van der Waals surface area contributed by atoms with Crippen molar-refractivity contribution >= 4 is 5.91 Å². The Hall–Kier alpha value is -1.47. The Kier molecular flexibility index (Phi) is 48.5. The third-order valence-corrected chi connectivity index (χ3v) is 18.6. The molecule has 0 radical (unpaired) electrons. The van der Waals surface area contributed by atoms with Gasteiger partial charge in [0.2, 0.25) is 5.91 Å². The highest BCUT2D eigenvalue weighted by molar-refractivity contribution is 5.76. The number of aliphatic hydroxyl groups is 11. The summed E-state index contributed by atoms with van der Waals surface area (Å²) >= 11 is 0. The molecule has 3 saturated heterocycles. The minimum absolute atomic E-state index is 0.246. The third-order valence-electron chi connectivity index (χ3n) is 18.6. The van der Waals surface area contributed by atoms with Crippen molar-refractivity contribution in [3.05, 3.63) is 12.2 Å². The Morgan fingerprint density at radius 2 is 0.697 bits per heavy atom. The summed E-state index contributed by atoms with van der Waals surface area (Å²) in [6.07, 6.45) is 34.1. The Balaban J connectivity index is 1.16. The highest BCUT2D eigenvalue weighted by Gasteiger charge is 2.53. The molecule has 19 heteroatoms. The van der Waals surface area contributed by atoms with Crippen molar-refractivity contribution in [1.29, 1.82) is 0 Å². The first-order valence-electron chi connectivity index (χ1n) is 36.4. The molecule has 3 heterocycles. The lowest BCUT2D eigenvalue weighted by molar-refractivity contribution is -0.379. The van der Waals surface area contributed by atoms with Gasteiger partial charge >= 0.3 is 0 Å². The van der Waals surface area contributed by atoms with Crippen molar-refractivity contribution in [3.63, 3.8) is 0 Å². The van der Waals surface area contributed by atoms with E-state index in [0.717, 1.165) is 25.7 Å². The fraction of sp³-hybridized carbons (Fsp3) is 0.957. The van der Waals surface area contributed by atoms with E-state index in [1.165, 1.54) is 238 Å². The number of ether oxygens (including phenoxy) is 6. The van der Waals surface area contributed by atoms with E-state index in [2.05, 4.69) is 12.2 Å². The number of rotatable bonds is 57. The van der Waals surface area contributed by atoms with E-state index in [0.29, 0.717) is 12.8 Å². The molecule has 0 spiro atoms. The summed E-state index contributed by atoms with van der Waals surface area (Å²) in [5.74, 6) is -0.282. The van der Waals surface area contributed by atoms with Crippen LogP contribution >= 0.6 is 0 Å². The molecule has 19 nitrogen and oxygen atoms in total. The van der Waals surface area contributed by atoms with Gasteiger partial charge in [-0.05, 0) is 12.8 Å². The highest BCUT2D eigenvalue weighted by Crippen LogP contribution is 2.33. The highest BCUT2D eigenvalue weighted by atomic mass is 16.8. The minimum atomic E-state index is -1.97. The second-order valence-electron chi connectivity index (χ2n) is 26.4. The fourth-order valence-electron chi connectivity index (χ4n) is 12.7. The maximum absolute atomic E-state index is 13.2. The average molecular weight is 1280 g/mol. The van der Waals surface area contributed by atoms with Crippen molar-refractivity contribution in [2.45, 2.75) is 401 Å². The predicted molar refractivity (Wildman–Crippen MR) is 347 cm³/mol. The molecule has 12 N–H and O–H groups in total. The van der Waals surface area contributed by atoms with E-state index < -0.39 is 124 Å². The molecule has 0 bridgehead atoms. The van der Waals surface area contributed by atoms with E-state index in [1.54, 1.807) is 12.2 Å². The summed E-state index contributed by atoms with van der Waals surface area (Å²) in [7, 11) is 0. The van der Waals surface area contributed by atoms with E-state index in [-0.39, 0.29) is 18.9 Å². The Morgan fingerprint density at radius 3 is 1.03 bits per heavy atom. The average Bonchev–Trinajstić information content (AvgIpc) is 1.81. The van der Waals surface area contributed by atoms with Crippen molar-refractivity contribution < 1.29 is 89.4 Å². The smallest absolute Gasteiger partial charge is 0.220 e. The molecule has 89 heavy (non-hydrogen) atoms. The first-order valence-corrected chi connectivity index (χ1v) is 36.4. The van der Waals surface area contributed by atoms with E-state index >= 15 is 0 Å². The number of carbonyl (C=O) groups is 1. The van der Waals surface area contributed by atoms with E-state index in [4.69, 9.17) is 28.4 Å². The monoisotopic (exact) mass is 1280 g/mol. The number of hydrogen-bond acceptors (Lipinski definition) is 18. The lowest BCUT2D eigenvalue weighted by Crippen LogP contribution is -2.66. The van der Waals surface area contributed by atoms with E-state index in [9.17, 15) is 61.0 Å². The lowest BCUT2D eigenvalue weighted by atomic mass is 9.96. The van der Waals surface area contributed by atoms with Gasteiger partial charge in [-0.15, -0.1) is 0 Å². The van der Waals surface area contributed by atoms with Gasteiger partial charge in [-0.2, -0.15) is 0 Å². The van der Waals surface area contributed by atoms with Crippen LogP contribution in [0.4, 0.5) is 0 Å². The van der Waals surface area contributed by atoms with E-state index in [1.807, 2.05) is 6.92 Å².